The summed E-state index contributed by atoms with van der Waals surface area (Å²) in [5.41, 5.74) is 6.10. The van der Waals surface area contributed by atoms with E-state index in [1.807, 2.05) is 30.4 Å². The summed E-state index contributed by atoms with van der Waals surface area (Å²) in [6.45, 7) is 3.12. The second-order valence-electron chi connectivity index (χ2n) is 14.2. The topological polar surface area (TPSA) is 203 Å². The maximum atomic E-state index is 12.8. The van der Waals surface area contributed by atoms with Gasteiger partial charge in [0.25, 0.3) is 0 Å². The van der Waals surface area contributed by atoms with Crippen LogP contribution in [0.15, 0.2) is 97.2 Å². The van der Waals surface area contributed by atoms with E-state index >= 15 is 0 Å². The first-order valence-corrected chi connectivity index (χ1v) is 24.1. The van der Waals surface area contributed by atoms with Crippen LogP contribution in [0, 0.1) is 0 Å². The Morgan fingerprint density at radius 1 is 0.683 bits per heavy atom. The average Bonchev–Trinajstić information content (AvgIpc) is 3.20. The minimum Gasteiger partial charge on any atom is -0.481 e. The first-order valence-electron chi connectivity index (χ1n) is 21.5. The van der Waals surface area contributed by atoms with Gasteiger partial charge in [-0.05, 0) is 77.0 Å². The van der Waals surface area contributed by atoms with Gasteiger partial charge in [0, 0.05) is 23.8 Å². The molecule has 14 heteroatoms. The predicted molar refractivity (Wildman–Crippen MR) is 244 cm³/mol. The van der Waals surface area contributed by atoms with Crippen molar-refractivity contribution in [3.8, 4) is 0 Å². The highest BCUT2D eigenvalue weighted by Crippen LogP contribution is 2.36. The molecule has 0 aliphatic rings. The Kier molecular flexibility index (Phi) is 37.6. The maximum Gasteiger partial charge on any atom is 0.469 e. The van der Waals surface area contributed by atoms with E-state index < -0.39 is 62.4 Å². The van der Waals surface area contributed by atoms with Crippen LogP contribution in [0.2, 0.25) is 0 Å². The Hall–Kier alpha value is -3.29. The standard InChI is InChI=1S/C46H74NO11PS/c1-3-5-7-9-11-13-15-17-18-19-20-21-23-25-27-29-31-36-45(51)58-40(38-57-59(53,54)55)37-56-46(52)41(47)39-60-43(42(48)33-32-35-44(49)50)34-30-28-26-24-22-16-14-12-10-8-6-4-2/h11-14,17-18,20-22,24-28,30,34,40-43,48H,3-10,15-16,19,23,29,31-33,35-39,47H2,1-2H3,(H,49,50)(H2,53,54,55)/b13-11-,14-12-,18-17-,21-20-,24-22-,27-25-,28-26+,34-30+/t40-,41+,42+,43-/m1/s1. The van der Waals surface area contributed by atoms with Gasteiger partial charge in [-0.15, -0.1) is 11.8 Å². The van der Waals surface area contributed by atoms with E-state index in [2.05, 4.69) is 67.0 Å². The van der Waals surface area contributed by atoms with Crippen molar-refractivity contribution in [3.63, 3.8) is 0 Å². The Morgan fingerprint density at radius 2 is 1.22 bits per heavy atom. The Bertz CT molecular complexity index is 1420. The number of aliphatic carboxylic acids is 1. The van der Waals surface area contributed by atoms with Crippen LogP contribution in [0.25, 0.3) is 0 Å². The summed E-state index contributed by atoms with van der Waals surface area (Å²) in [7, 11) is -4.91. The number of allylic oxidation sites excluding steroid dienone is 15. The average molecular weight is 880 g/mol. The van der Waals surface area contributed by atoms with E-state index in [9.17, 15) is 33.8 Å². The SMILES string of the molecule is CCCCC/C=C\C\C=C/C=C/C=C/[C@@H](SC[C@H](N)C(=O)OC[C@H](COP(=O)(O)O)OC(=O)CCC/C=C\C/C=C\C/C=C\C/C=C\CCCCC)[C@@H](O)CCCC(=O)O. The first kappa shape index (κ1) is 56.7. The molecule has 12 nitrogen and oxygen atoms in total. The summed E-state index contributed by atoms with van der Waals surface area (Å²) < 4.78 is 26.4. The molecule has 0 unspecified atom stereocenters. The lowest BCUT2D eigenvalue weighted by molar-refractivity contribution is -0.161. The van der Waals surface area contributed by atoms with Gasteiger partial charge in [0.1, 0.15) is 12.6 Å². The highest BCUT2D eigenvalue weighted by atomic mass is 32.2. The second-order valence-corrected chi connectivity index (χ2v) is 16.6. The molecule has 0 heterocycles. The molecule has 340 valence electrons. The summed E-state index contributed by atoms with van der Waals surface area (Å²) in [6.07, 6.45) is 44.6. The monoisotopic (exact) mass is 879 g/mol. The van der Waals surface area contributed by atoms with E-state index in [-0.39, 0.29) is 31.4 Å². The number of carboxylic acids is 1. The molecule has 60 heavy (non-hydrogen) atoms. The number of carbonyl (C=O) groups excluding carboxylic acids is 2. The van der Waals surface area contributed by atoms with Gasteiger partial charge in [0.15, 0.2) is 6.10 Å². The molecule has 0 radical (unpaired) electrons. The third-order valence-corrected chi connectivity index (χ3v) is 10.5. The van der Waals surface area contributed by atoms with Gasteiger partial charge in [-0.25, -0.2) is 4.57 Å². The van der Waals surface area contributed by atoms with Crippen molar-refractivity contribution in [2.75, 3.05) is 19.0 Å². The van der Waals surface area contributed by atoms with Gasteiger partial charge in [0.2, 0.25) is 0 Å². The Balaban J connectivity index is 4.94. The normalized spacial score (nSPS) is 14.9. The fourth-order valence-electron chi connectivity index (χ4n) is 5.22. The number of unbranched alkanes of at least 4 members (excludes halogenated alkanes) is 7. The number of carboxylic acid groups (broad SMARTS) is 1. The number of ether oxygens (including phenoxy) is 2. The molecule has 0 aromatic heterocycles. The summed E-state index contributed by atoms with van der Waals surface area (Å²) in [4.78, 5) is 54.7. The molecule has 0 saturated carbocycles. The highest BCUT2D eigenvalue weighted by molar-refractivity contribution is 8.00. The zero-order valence-corrected chi connectivity index (χ0v) is 37.7. The third kappa shape index (κ3) is 38.9. The fraction of sp³-hybridized carbons (Fsp3) is 0.587. The van der Waals surface area contributed by atoms with Crippen LogP contribution in [0.3, 0.4) is 0 Å². The molecule has 0 aliphatic carbocycles. The van der Waals surface area contributed by atoms with Crippen molar-refractivity contribution >= 4 is 37.5 Å². The molecular weight excluding hydrogens is 806 g/mol. The van der Waals surface area contributed by atoms with E-state index in [0.717, 1.165) is 38.5 Å². The van der Waals surface area contributed by atoms with Gasteiger partial charge in [-0.3, -0.25) is 18.9 Å². The number of phosphoric ester groups is 1. The zero-order valence-electron chi connectivity index (χ0n) is 36.0. The molecule has 4 atom stereocenters. The molecule has 0 bridgehead atoms. The number of aliphatic hydroxyl groups excluding tert-OH is 1. The van der Waals surface area contributed by atoms with Crippen molar-refractivity contribution < 1.29 is 52.9 Å². The smallest absolute Gasteiger partial charge is 0.469 e. The molecule has 0 spiro atoms. The van der Waals surface area contributed by atoms with E-state index in [4.69, 9.17) is 20.3 Å². The van der Waals surface area contributed by atoms with Crippen LogP contribution in [0.5, 0.6) is 0 Å². The number of hydrogen-bond acceptors (Lipinski definition) is 10. The number of hydrogen-bond donors (Lipinski definition) is 5. The zero-order chi connectivity index (χ0) is 44.5. The van der Waals surface area contributed by atoms with Crippen LogP contribution in [0.1, 0.15) is 129 Å². The summed E-state index contributed by atoms with van der Waals surface area (Å²) in [5, 5.41) is 19.3. The van der Waals surface area contributed by atoms with E-state index in [1.54, 1.807) is 18.2 Å². The van der Waals surface area contributed by atoms with Gasteiger partial charge in [0.05, 0.1) is 12.7 Å². The predicted octanol–water partition coefficient (Wildman–Crippen LogP) is 9.94. The number of aliphatic hydroxyl groups is 1. The van der Waals surface area contributed by atoms with Crippen molar-refractivity contribution in [2.24, 2.45) is 5.73 Å². The molecule has 0 amide bonds. The van der Waals surface area contributed by atoms with Crippen molar-refractivity contribution in [1.29, 1.82) is 0 Å². The number of rotatable bonds is 38. The third-order valence-electron chi connectivity index (χ3n) is 8.57. The lowest BCUT2D eigenvalue weighted by Crippen LogP contribution is -2.38. The molecule has 0 fully saturated rings. The van der Waals surface area contributed by atoms with Gasteiger partial charge < -0.3 is 35.2 Å². The molecule has 6 N–H and O–H groups in total. The minimum absolute atomic E-state index is 0.0267. The largest absolute Gasteiger partial charge is 0.481 e. The van der Waals surface area contributed by atoms with Crippen LogP contribution in [-0.2, 0) is 32.9 Å². The van der Waals surface area contributed by atoms with Crippen molar-refractivity contribution in [2.45, 2.75) is 153 Å². The van der Waals surface area contributed by atoms with Gasteiger partial charge >= 0.3 is 25.7 Å². The second kappa shape index (κ2) is 39.8. The molecular formula is C46H74NO11PS. The Morgan fingerprint density at radius 3 is 1.77 bits per heavy atom. The lowest BCUT2D eigenvalue weighted by Gasteiger charge is -2.22. The number of esters is 2. The molecule has 0 rings (SSSR count). The molecule has 0 aliphatic heterocycles. The number of phosphoric acid groups is 1. The Labute approximate surface area is 364 Å². The van der Waals surface area contributed by atoms with Gasteiger partial charge in [-0.1, -0.05) is 137 Å². The van der Waals surface area contributed by atoms with E-state index in [0.29, 0.717) is 12.8 Å². The summed E-state index contributed by atoms with van der Waals surface area (Å²) in [6, 6.07) is -1.16. The van der Waals surface area contributed by atoms with Crippen LogP contribution in [0.4, 0.5) is 0 Å². The maximum absolute atomic E-state index is 12.8. The first-order chi connectivity index (χ1) is 28.9. The molecule has 0 saturated heterocycles. The van der Waals surface area contributed by atoms with Crippen LogP contribution < -0.4 is 5.73 Å². The number of nitrogens with two attached hydrogens (primary N) is 1. The summed E-state index contributed by atoms with van der Waals surface area (Å²) in [5.74, 6) is -2.44. The van der Waals surface area contributed by atoms with Crippen molar-refractivity contribution in [1.82, 2.24) is 0 Å². The lowest BCUT2D eigenvalue weighted by atomic mass is 10.1. The van der Waals surface area contributed by atoms with Crippen LogP contribution in [-0.4, -0.2) is 80.4 Å². The van der Waals surface area contributed by atoms with E-state index in [1.165, 1.54) is 50.3 Å². The quantitative estimate of drug-likeness (QED) is 0.0129. The van der Waals surface area contributed by atoms with Crippen molar-refractivity contribution in [3.05, 3.63) is 97.2 Å². The fourth-order valence-corrected chi connectivity index (χ4v) is 6.70. The van der Waals surface area contributed by atoms with Crippen LogP contribution >= 0.6 is 19.6 Å². The molecule has 0 aromatic carbocycles. The summed E-state index contributed by atoms with van der Waals surface area (Å²) >= 11 is 1.19. The molecule has 0 aromatic rings. The highest BCUT2D eigenvalue weighted by Gasteiger charge is 2.26. The van der Waals surface area contributed by atoms with Gasteiger partial charge in [-0.2, -0.15) is 0 Å². The minimum atomic E-state index is -4.91. The number of thioether (sulfide) groups is 1. The number of carbonyl (C=O) groups is 3.